The molecule has 0 amide bonds. The molecule has 0 saturated heterocycles. The third kappa shape index (κ3) is 1.51. The highest BCUT2D eigenvalue weighted by atomic mass is 16.3. The van der Waals surface area contributed by atoms with Gasteiger partial charge in [-0.15, -0.1) is 0 Å². The quantitative estimate of drug-likeness (QED) is 0.905. The molecule has 1 heterocycles. The summed E-state index contributed by atoms with van der Waals surface area (Å²) in [5.41, 5.74) is 0.298. The van der Waals surface area contributed by atoms with Crippen molar-refractivity contribution < 1.29 is 5.11 Å². The first-order chi connectivity index (χ1) is 9.24. The summed E-state index contributed by atoms with van der Waals surface area (Å²) in [6.45, 7) is 0. The lowest BCUT2D eigenvalue weighted by atomic mass is 9.69. The van der Waals surface area contributed by atoms with Crippen LogP contribution < -0.4 is 0 Å². The molecular formula is C15H19N3O. The molecule has 1 N–H and O–H groups in total. The average Bonchev–Trinajstić information content (AvgIpc) is 2.91. The Hall–Kier alpha value is -1.34. The standard InChI is InChI=1S/C15H19N3O/c16-8-15(6-10-1-2-11(15)5-10)14(19)13-7-17-9-18(13)12-3-4-12/h7,9-12,14,19H,1-6H2. The summed E-state index contributed by atoms with van der Waals surface area (Å²) in [6.07, 6.45) is 9.57. The van der Waals surface area contributed by atoms with Gasteiger partial charge in [0.15, 0.2) is 0 Å². The van der Waals surface area contributed by atoms with Gasteiger partial charge in [-0.25, -0.2) is 4.98 Å². The molecular weight excluding hydrogens is 238 g/mol. The highest BCUT2D eigenvalue weighted by molar-refractivity contribution is 5.22. The fraction of sp³-hybridized carbons (Fsp3) is 0.733. The van der Waals surface area contributed by atoms with Gasteiger partial charge in [-0.05, 0) is 43.9 Å². The summed E-state index contributed by atoms with van der Waals surface area (Å²) in [7, 11) is 0. The van der Waals surface area contributed by atoms with E-state index in [9.17, 15) is 10.4 Å². The minimum absolute atomic E-state index is 0.375. The van der Waals surface area contributed by atoms with Gasteiger partial charge in [0, 0.05) is 6.04 Å². The number of nitriles is 1. The van der Waals surface area contributed by atoms with Crippen LogP contribution >= 0.6 is 0 Å². The summed E-state index contributed by atoms with van der Waals surface area (Å²) < 4.78 is 2.09. The Morgan fingerprint density at radius 1 is 1.42 bits per heavy atom. The summed E-state index contributed by atoms with van der Waals surface area (Å²) in [5.74, 6) is 1.02. The first-order valence-corrected chi connectivity index (χ1v) is 7.35. The maximum atomic E-state index is 10.9. The number of nitrogens with zero attached hydrogens (tertiary/aromatic N) is 3. The minimum Gasteiger partial charge on any atom is -0.385 e. The largest absolute Gasteiger partial charge is 0.385 e. The summed E-state index contributed by atoms with van der Waals surface area (Å²) in [6, 6.07) is 2.99. The first-order valence-electron chi connectivity index (χ1n) is 7.35. The molecule has 0 spiro atoms. The van der Waals surface area contributed by atoms with Crippen molar-refractivity contribution in [3.8, 4) is 6.07 Å². The monoisotopic (exact) mass is 257 g/mol. The molecule has 1 aromatic heterocycles. The molecule has 3 fully saturated rings. The Bertz CT molecular complexity index is 542. The van der Waals surface area contributed by atoms with Gasteiger partial charge in [-0.1, -0.05) is 6.42 Å². The van der Waals surface area contributed by atoms with E-state index in [0.29, 0.717) is 17.9 Å². The number of imidazole rings is 1. The second-order valence-electron chi connectivity index (χ2n) is 6.59. The second kappa shape index (κ2) is 3.83. The van der Waals surface area contributed by atoms with E-state index in [0.717, 1.165) is 25.0 Å². The predicted molar refractivity (Wildman–Crippen MR) is 69.0 cm³/mol. The number of hydrogen-bond donors (Lipinski definition) is 1. The SMILES string of the molecule is N#CC1(C(O)c2cncn2C2CC2)CC2CCC1C2. The van der Waals surface area contributed by atoms with Crippen molar-refractivity contribution in [3.05, 3.63) is 18.2 Å². The van der Waals surface area contributed by atoms with E-state index in [1.165, 1.54) is 19.3 Å². The van der Waals surface area contributed by atoms with Crippen molar-refractivity contribution in [2.75, 3.05) is 0 Å². The smallest absolute Gasteiger partial charge is 0.114 e. The van der Waals surface area contributed by atoms with E-state index in [4.69, 9.17) is 0 Å². The zero-order chi connectivity index (χ0) is 13.0. The highest BCUT2D eigenvalue weighted by Gasteiger charge is 2.56. The Kier molecular flexibility index (Phi) is 2.32. The zero-order valence-electron chi connectivity index (χ0n) is 11.0. The summed E-state index contributed by atoms with van der Waals surface area (Å²) in [4.78, 5) is 4.20. The molecule has 4 heteroatoms. The van der Waals surface area contributed by atoms with Crippen molar-refractivity contribution in [1.82, 2.24) is 9.55 Å². The van der Waals surface area contributed by atoms with Gasteiger partial charge in [0.25, 0.3) is 0 Å². The van der Waals surface area contributed by atoms with Gasteiger partial charge in [-0.3, -0.25) is 0 Å². The van der Waals surface area contributed by atoms with Crippen LogP contribution in [0.5, 0.6) is 0 Å². The number of aliphatic hydroxyl groups excluding tert-OH is 1. The minimum atomic E-state index is -0.670. The normalized spacial score (nSPS) is 38.3. The molecule has 100 valence electrons. The summed E-state index contributed by atoms with van der Waals surface area (Å²) in [5, 5.41) is 20.6. The van der Waals surface area contributed by atoms with E-state index in [1.807, 2.05) is 6.33 Å². The van der Waals surface area contributed by atoms with Gasteiger partial charge >= 0.3 is 0 Å². The maximum Gasteiger partial charge on any atom is 0.114 e. The van der Waals surface area contributed by atoms with Crippen molar-refractivity contribution >= 4 is 0 Å². The Morgan fingerprint density at radius 2 is 2.26 bits per heavy atom. The van der Waals surface area contributed by atoms with Crippen LogP contribution in [0.2, 0.25) is 0 Å². The van der Waals surface area contributed by atoms with Crippen molar-refractivity contribution in [3.63, 3.8) is 0 Å². The van der Waals surface area contributed by atoms with E-state index in [-0.39, 0.29) is 0 Å². The third-order valence-corrected chi connectivity index (χ3v) is 5.51. The number of rotatable bonds is 3. The second-order valence-corrected chi connectivity index (χ2v) is 6.59. The van der Waals surface area contributed by atoms with Crippen LogP contribution in [0, 0.1) is 28.6 Å². The Labute approximate surface area is 113 Å². The van der Waals surface area contributed by atoms with E-state index in [1.54, 1.807) is 6.20 Å². The fourth-order valence-electron chi connectivity index (χ4n) is 4.35. The van der Waals surface area contributed by atoms with E-state index >= 15 is 0 Å². The molecule has 0 aromatic carbocycles. The predicted octanol–water partition coefficient (Wildman–Crippen LogP) is 2.58. The van der Waals surface area contributed by atoms with Gasteiger partial charge in [-0.2, -0.15) is 5.26 Å². The molecule has 3 aliphatic rings. The molecule has 19 heavy (non-hydrogen) atoms. The van der Waals surface area contributed by atoms with Crippen LogP contribution in [0.3, 0.4) is 0 Å². The Morgan fingerprint density at radius 3 is 2.84 bits per heavy atom. The molecule has 3 saturated carbocycles. The van der Waals surface area contributed by atoms with Gasteiger partial charge in [0.2, 0.25) is 0 Å². The molecule has 1 aromatic rings. The van der Waals surface area contributed by atoms with Gasteiger partial charge in [0.05, 0.1) is 29.7 Å². The number of aromatic nitrogens is 2. The highest BCUT2D eigenvalue weighted by Crippen LogP contribution is 2.60. The lowest BCUT2D eigenvalue weighted by molar-refractivity contribution is 0.0177. The average molecular weight is 257 g/mol. The number of hydrogen-bond acceptors (Lipinski definition) is 3. The first kappa shape index (κ1) is 11.5. The van der Waals surface area contributed by atoms with E-state index in [2.05, 4.69) is 15.6 Å². The lowest BCUT2D eigenvalue weighted by Crippen LogP contribution is -2.34. The van der Waals surface area contributed by atoms with Crippen LogP contribution in [-0.4, -0.2) is 14.7 Å². The molecule has 4 atom stereocenters. The van der Waals surface area contributed by atoms with Crippen LogP contribution in [-0.2, 0) is 0 Å². The number of aliphatic hydroxyl groups is 1. The van der Waals surface area contributed by atoms with Crippen molar-refractivity contribution in [2.24, 2.45) is 17.3 Å². The maximum absolute atomic E-state index is 10.9. The summed E-state index contributed by atoms with van der Waals surface area (Å²) >= 11 is 0. The molecule has 4 unspecified atom stereocenters. The molecule has 4 rings (SSSR count). The number of fused-ring (bicyclic) bond motifs is 2. The molecule has 0 radical (unpaired) electrons. The van der Waals surface area contributed by atoms with E-state index < -0.39 is 11.5 Å². The molecule has 3 aliphatic carbocycles. The van der Waals surface area contributed by atoms with Gasteiger partial charge in [0.1, 0.15) is 6.10 Å². The molecule has 2 bridgehead atoms. The topological polar surface area (TPSA) is 61.8 Å². The van der Waals surface area contributed by atoms with Crippen LogP contribution in [0.25, 0.3) is 0 Å². The molecule has 0 aliphatic heterocycles. The zero-order valence-corrected chi connectivity index (χ0v) is 11.0. The third-order valence-electron chi connectivity index (χ3n) is 5.51. The molecule has 4 nitrogen and oxygen atoms in total. The fourth-order valence-corrected chi connectivity index (χ4v) is 4.35. The van der Waals surface area contributed by atoms with Crippen molar-refractivity contribution in [2.45, 2.75) is 50.7 Å². The van der Waals surface area contributed by atoms with Crippen molar-refractivity contribution in [1.29, 1.82) is 5.26 Å². The Balaban J connectivity index is 1.70. The van der Waals surface area contributed by atoms with Crippen LogP contribution in [0.1, 0.15) is 56.4 Å². The lowest BCUT2D eigenvalue weighted by Gasteiger charge is -2.35. The van der Waals surface area contributed by atoms with Gasteiger partial charge < -0.3 is 9.67 Å². The van der Waals surface area contributed by atoms with Crippen LogP contribution in [0.15, 0.2) is 12.5 Å². The van der Waals surface area contributed by atoms with Crippen LogP contribution in [0.4, 0.5) is 0 Å².